The largest absolute Gasteiger partial charge is 0.312 e. The molecule has 3 nitrogen and oxygen atoms in total. The van der Waals surface area contributed by atoms with Crippen molar-refractivity contribution in [2.24, 2.45) is 0 Å². The van der Waals surface area contributed by atoms with Gasteiger partial charge < -0.3 is 9.72 Å². The molecule has 0 saturated carbocycles. The van der Waals surface area contributed by atoms with Crippen LogP contribution in [0.3, 0.4) is 0 Å². The van der Waals surface area contributed by atoms with E-state index in [9.17, 15) is 0 Å². The van der Waals surface area contributed by atoms with E-state index < -0.39 is 0 Å². The standard InChI is InChI=1S/C18H29N3/c1-17(2,3)15-13-21-12-14(9-10-16(21)20-15)8-7-11-19-18(4,5)6/h9-10,12-13,19H,7-8,11H2,1-6H3. The summed E-state index contributed by atoms with van der Waals surface area (Å²) in [6.07, 6.45) is 6.63. The molecule has 0 spiro atoms. The molecule has 0 aromatic carbocycles. The fraction of sp³-hybridized carbons (Fsp3) is 0.611. The molecule has 0 atom stereocenters. The van der Waals surface area contributed by atoms with E-state index in [1.165, 1.54) is 5.56 Å². The number of nitrogens with zero attached hydrogens (tertiary/aromatic N) is 2. The predicted molar refractivity (Wildman–Crippen MR) is 90.0 cm³/mol. The molecule has 0 saturated heterocycles. The summed E-state index contributed by atoms with van der Waals surface area (Å²) < 4.78 is 2.16. The zero-order valence-corrected chi connectivity index (χ0v) is 14.3. The molecule has 0 aliphatic rings. The molecule has 2 rings (SSSR count). The van der Waals surface area contributed by atoms with Crippen molar-refractivity contribution in [3.8, 4) is 0 Å². The first kappa shape index (κ1) is 16.0. The van der Waals surface area contributed by atoms with Crippen molar-refractivity contribution in [3.63, 3.8) is 0 Å². The molecule has 0 unspecified atom stereocenters. The fourth-order valence-corrected chi connectivity index (χ4v) is 2.30. The summed E-state index contributed by atoms with van der Waals surface area (Å²) in [5, 5.41) is 3.53. The van der Waals surface area contributed by atoms with Crippen LogP contribution in [0.1, 0.15) is 59.2 Å². The number of aryl methyl sites for hydroxylation is 1. The Hall–Kier alpha value is -1.35. The van der Waals surface area contributed by atoms with E-state index in [-0.39, 0.29) is 11.0 Å². The lowest BCUT2D eigenvalue weighted by Gasteiger charge is -2.20. The van der Waals surface area contributed by atoms with Gasteiger partial charge in [0.2, 0.25) is 0 Å². The van der Waals surface area contributed by atoms with Crippen molar-refractivity contribution in [2.45, 2.75) is 65.3 Å². The van der Waals surface area contributed by atoms with Crippen LogP contribution < -0.4 is 5.32 Å². The van der Waals surface area contributed by atoms with Crippen LogP contribution in [0.4, 0.5) is 0 Å². The number of fused-ring (bicyclic) bond motifs is 1. The first-order valence-electron chi connectivity index (χ1n) is 7.88. The zero-order valence-electron chi connectivity index (χ0n) is 14.3. The van der Waals surface area contributed by atoms with Crippen molar-refractivity contribution in [1.29, 1.82) is 0 Å². The van der Waals surface area contributed by atoms with Gasteiger partial charge in [-0.3, -0.25) is 0 Å². The highest BCUT2D eigenvalue weighted by Crippen LogP contribution is 2.21. The third kappa shape index (κ3) is 4.57. The Labute approximate surface area is 128 Å². The first-order chi connectivity index (χ1) is 9.65. The molecule has 21 heavy (non-hydrogen) atoms. The summed E-state index contributed by atoms with van der Waals surface area (Å²) in [6, 6.07) is 4.33. The summed E-state index contributed by atoms with van der Waals surface area (Å²) >= 11 is 0. The van der Waals surface area contributed by atoms with Crippen LogP contribution in [0, 0.1) is 0 Å². The van der Waals surface area contributed by atoms with Gasteiger partial charge in [-0.25, -0.2) is 4.98 Å². The van der Waals surface area contributed by atoms with E-state index in [1.807, 2.05) is 0 Å². The molecule has 116 valence electrons. The molecule has 0 bridgehead atoms. The smallest absolute Gasteiger partial charge is 0.137 e. The van der Waals surface area contributed by atoms with E-state index in [4.69, 9.17) is 4.98 Å². The van der Waals surface area contributed by atoms with Crippen LogP contribution >= 0.6 is 0 Å². The maximum absolute atomic E-state index is 4.70. The fourth-order valence-electron chi connectivity index (χ4n) is 2.30. The summed E-state index contributed by atoms with van der Waals surface area (Å²) in [5.41, 5.74) is 3.86. The number of hydrogen-bond acceptors (Lipinski definition) is 2. The topological polar surface area (TPSA) is 29.3 Å². The van der Waals surface area contributed by atoms with Crippen LogP contribution in [-0.2, 0) is 11.8 Å². The van der Waals surface area contributed by atoms with E-state index >= 15 is 0 Å². The Morgan fingerprint density at radius 3 is 2.38 bits per heavy atom. The van der Waals surface area contributed by atoms with Gasteiger partial charge in [0.15, 0.2) is 0 Å². The summed E-state index contributed by atoms with van der Waals surface area (Å²) in [7, 11) is 0. The van der Waals surface area contributed by atoms with Gasteiger partial charge in [0, 0.05) is 23.3 Å². The van der Waals surface area contributed by atoms with Gasteiger partial charge in [-0.15, -0.1) is 0 Å². The lowest BCUT2D eigenvalue weighted by molar-refractivity contribution is 0.422. The Morgan fingerprint density at radius 1 is 1.05 bits per heavy atom. The quantitative estimate of drug-likeness (QED) is 0.863. The molecule has 2 heterocycles. The average molecular weight is 287 g/mol. The van der Waals surface area contributed by atoms with Crippen LogP contribution in [0.15, 0.2) is 24.5 Å². The van der Waals surface area contributed by atoms with Crippen molar-refractivity contribution >= 4 is 5.65 Å². The van der Waals surface area contributed by atoms with Crippen molar-refractivity contribution in [3.05, 3.63) is 35.8 Å². The normalized spacial score (nSPS) is 13.0. The van der Waals surface area contributed by atoms with Gasteiger partial charge in [-0.1, -0.05) is 26.8 Å². The number of aromatic nitrogens is 2. The average Bonchev–Trinajstić information content (AvgIpc) is 2.76. The van der Waals surface area contributed by atoms with Crippen LogP contribution in [0.25, 0.3) is 5.65 Å². The molecular formula is C18H29N3. The first-order valence-corrected chi connectivity index (χ1v) is 7.88. The Balaban J connectivity index is 2.02. The number of nitrogens with one attached hydrogen (secondary N) is 1. The Kier molecular flexibility index (Phi) is 4.43. The van der Waals surface area contributed by atoms with E-state index in [1.54, 1.807) is 0 Å². The number of imidazole rings is 1. The molecule has 0 fully saturated rings. The molecule has 3 heteroatoms. The molecule has 0 aliphatic heterocycles. The summed E-state index contributed by atoms with van der Waals surface area (Å²) in [4.78, 5) is 4.70. The van der Waals surface area contributed by atoms with Gasteiger partial charge in [-0.05, 0) is 51.8 Å². The lowest BCUT2D eigenvalue weighted by atomic mass is 9.93. The van der Waals surface area contributed by atoms with Gasteiger partial charge >= 0.3 is 0 Å². The molecule has 2 aromatic heterocycles. The molecule has 0 amide bonds. The number of pyridine rings is 1. The predicted octanol–water partition coefficient (Wildman–Crippen LogP) is 3.95. The second kappa shape index (κ2) is 5.80. The maximum atomic E-state index is 4.70. The molecular weight excluding hydrogens is 258 g/mol. The SMILES string of the molecule is CC(C)(C)NCCCc1ccc2nc(C(C)(C)C)cn2c1. The number of rotatable bonds is 4. The minimum Gasteiger partial charge on any atom is -0.312 e. The van der Waals surface area contributed by atoms with Crippen LogP contribution in [-0.4, -0.2) is 21.5 Å². The second-order valence-corrected chi connectivity index (χ2v) is 7.96. The van der Waals surface area contributed by atoms with E-state index in [0.29, 0.717) is 0 Å². The second-order valence-electron chi connectivity index (χ2n) is 7.96. The van der Waals surface area contributed by atoms with Gasteiger partial charge in [-0.2, -0.15) is 0 Å². The van der Waals surface area contributed by atoms with Crippen molar-refractivity contribution in [1.82, 2.24) is 14.7 Å². The Bertz CT molecular complexity index is 597. The van der Waals surface area contributed by atoms with E-state index in [2.05, 4.69) is 75.8 Å². The summed E-state index contributed by atoms with van der Waals surface area (Å²) in [5.74, 6) is 0. The minimum absolute atomic E-state index is 0.100. The third-order valence-electron chi connectivity index (χ3n) is 3.58. The Morgan fingerprint density at radius 2 is 1.76 bits per heavy atom. The molecule has 2 aromatic rings. The van der Waals surface area contributed by atoms with Gasteiger partial charge in [0.25, 0.3) is 0 Å². The van der Waals surface area contributed by atoms with Gasteiger partial charge in [0.1, 0.15) is 5.65 Å². The molecule has 0 radical (unpaired) electrons. The molecule has 0 aliphatic carbocycles. The monoisotopic (exact) mass is 287 g/mol. The molecule has 1 N–H and O–H groups in total. The highest BCUT2D eigenvalue weighted by Gasteiger charge is 2.17. The lowest BCUT2D eigenvalue weighted by Crippen LogP contribution is -2.36. The van der Waals surface area contributed by atoms with Crippen molar-refractivity contribution < 1.29 is 0 Å². The minimum atomic E-state index is 0.100. The van der Waals surface area contributed by atoms with E-state index in [0.717, 1.165) is 30.7 Å². The zero-order chi connectivity index (χ0) is 15.7. The highest BCUT2D eigenvalue weighted by molar-refractivity contribution is 5.42. The maximum Gasteiger partial charge on any atom is 0.137 e. The van der Waals surface area contributed by atoms with Crippen molar-refractivity contribution in [2.75, 3.05) is 6.54 Å². The van der Waals surface area contributed by atoms with Crippen LogP contribution in [0.5, 0.6) is 0 Å². The third-order valence-corrected chi connectivity index (χ3v) is 3.58. The highest BCUT2D eigenvalue weighted by atomic mass is 15.0. The van der Waals surface area contributed by atoms with Crippen LogP contribution in [0.2, 0.25) is 0 Å². The summed E-state index contributed by atoms with van der Waals surface area (Å²) in [6.45, 7) is 14.3. The van der Waals surface area contributed by atoms with Gasteiger partial charge in [0.05, 0.1) is 5.69 Å². The number of hydrogen-bond donors (Lipinski definition) is 1.